The topological polar surface area (TPSA) is 86.0 Å². The number of fused-ring (bicyclic) bond motifs is 1. The van der Waals surface area contributed by atoms with Crippen molar-refractivity contribution in [3.63, 3.8) is 0 Å². The average Bonchev–Trinajstić information content (AvgIpc) is 2.65. The van der Waals surface area contributed by atoms with Gasteiger partial charge < -0.3 is 5.32 Å². The van der Waals surface area contributed by atoms with Gasteiger partial charge in [0.15, 0.2) is 5.65 Å². The minimum atomic E-state index is -0.734. The van der Waals surface area contributed by atoms with Crippen molar-refractivity contribution in [2.24, 2.45) is 7.05 Å². The number of hydrogen-bond donors (Lipinski definition) is 1. The van der Waals surface area contributed by atoms with Crippen LogP contribution in [0.15, 0.2) is 52.2 Å². The predicted molar refractivity (Wildman–Crippen MR) is 99.1 cm³/mol. The van der Waals surface area contributed by atoms with Crippen LogP contribution < -0.4 is 16.4 Å². The summed E-state index contributed by atoms with van der Waals surface area (Å²) >= 11 is 0. The third kappa shape index (κ3) is 3.42. The Morgan fingerprint density at radius 3 is 2.65 bits per heavy atom. The summed E-state index contributed by atoms with van der Waals surface area (Å²) in [6.45, 7) is 2.26. The van der Waals surface area contributed by atoms with Crippen molar-refractivity contribution in [1.29, 1.82) is 0 Å². The standard InChI is InChI=1S/C19H20N4O3/c1-13-6-3-4-7-14(13)9-11-20-16(24)12-23-15-8-5-10-21-17(15)22(2)18(25)19(23)26/h3-8,10H,9,11-12H2,1-2H3,(H,20,24). The van der Waals surface area contributed by atoms with E-state index < -0.39 is 11.1 Å². The van der Waals surface area contributed by atoms with Gasteiger partial charge in [0.2, 0.25) is 5.91 Å². The fraction of sp³-hybridized carbons (Fsp3) is 0.263. The highest BCUT2D eigenvalue weighted by Gasteiger charge is 2.14. The van der Waals surface area contributed by atoms with Crippen LogP contribution in [0, 0.1) is 6.92 Å². The number of amides is 1. The monoisotopic (exact) mass is 352 g/mol. The number of aryl methyl sites for hydroxylation is 2. The van der Waals surface area contributed by atoms with Crippen LogP contribution in [0.5, 0.6) is 0 Å². The molecule has 26 heavy (non-hydrogen) atoms. The van der Waals surface area contributed by atoms with Crippen LogP contribution in [0.1, 0.15) is 11.1 Å². The van der Waals surface area contributed by atoms with Crippen molar-refractivity contribution in [2.45, 2.75) is 19.9 Å². The van der Waals surface area contributed by atoms with Crippen molar-refractivity contribution < 1.29 is 4.79 Å². The van der Waals surface area contributed by atoms with Gasteiger partial charge in [-0.25, -0.2) is 4.98 Å². The van der Waals surface area contributed by atoms with Crippen LogP contribution >= 0.6 is 0 Å². The Bertz CT molecular complexity index is 1080. The Morgan fingerprint density at radius 1 is 1.12 bits per heavy atom. The summed E-state index contributed by atoms with van der Waals surface area (Å²) in [6, 6.07) is 11.3. The smallest absolute Gasteiger partial charge is 0.317 e. The Labute approximate surface area is 149 Å². The zero-order valence-electron chi connectivity index (χ0n) is 14.7. The summed E-state index contributed by atoms with van der Waals surface area (Å²) in [7, 11) is 1.49. The number of benzene rings is 1. The van der Waals surface area contributed by atoms with Gasteiger partial charge in [0.1, 0.15) is 6.54 Å². The minimum absolute atomic E-state index is 0.217. The number of aromatic nitrogens is 3. The van der Waals surface area contributed by atoms with Crippen molar-refractivity contribution in [3.8, 4) is 0 Å². The Morgan fingerprint density at radius 2 is 1.88 bits per heavy atom. The molecule has 2 aromatic heterocycles. The van der Waals surface area contributed by atoms with Gasteiger partial charge in [0, 0.05) is 19.8 Å². The molecule has 7 nitrogen and oxygen atoms in total. The zero-order chi connectivity index (χ0) is 18.7. The third-order valence-corrected chi connectivity index (χ3v) is 4.39. The summed E-state index contributed by atoms with van der Waals surface area (Å²) < 4.78 is 2.37. The van der Waals surface area contributed by atoms with Crippen LogP contribution in [0.25, 0.3) is 11.2 Å². The molecule has 134 valence electrons. The first-order valence-electron chi connectivity index (χ1n) is 8.35. The molecule has 0 aliphatic carbocycles. The molecule has 0 radical (unpaired) electrons. The number of nitrogens with one attached hydrogen (secondary N) is 1. The molecule has 1 amide bonds. The van der Waals surface area contributed by atoms with Crippen LogP contribution in [0.2, 0.25) is 0 Å². The maximum absolute atomic E-state index is 12.3. The molecule has 0 spiro atoms. The maximum Gasteiger partial charge on any atom is 0.317 e. The van der Waals surface area contributed by atoms with Crippen LogP contribution in [0.3, 0.4) is 0 Å². The number of nitrogens with zero attached hydrogens (tertiary/aromatic N) is 3. The van der Waals surface area contributed by atoms with Gasteiger partial charge in [0.05, 0.1) is 5.52 Å². The maximum atomic E-state index is 12.3. The summed E-state index contributed by atoms with van der Waals surface area (Å²) in [5.74, 6) is -0.320. The lowest BCUT2D eigenvalue weighted by molar-refractivity contribution is -0.121. The van der Waals surface area contributed by atoms with Crippen LogP contribution in [0.4, 0.5) is 0 Å². The normalized spacial score (nSPS) is 10.8. The molecular weight excluding hydrogens is 332 g/mol. The van der Waals surface area contributed by atoms with Crippen molar-refractivity contribution in [2.75, 3.05) is 6.54 Å². The van der Waals surface area contributed by atoms with E-state index in [4.69, 9.17) is 0 Å². The van der Waals surface area contributed by atoms with E-state index in [0.29, 0.717) is 24.1 Å². The van der Waals surface area contributed by atoms with E-state index in [1.54, 1.807) is 18.3 Å². The number of carbonyl (C=O) groups excluding carboxylic acids is 1. The van der Waals surface area contributed by atoms with Gasteiger partial charge in [-0.05, 0) is 36.6 Å². The first-order chi connectivity index (χ1) is 12.5. The molecule has 0 aliphatic rings. The molecule has 0 saturated heterocycles. The van der Waals surface area contributed by atoms with E-state index in [0.717, 1.165) is 5.56 Å². The fourth-order valence-corrected chi connectivity index (χ4v) is 2.91. The molecule has 3 aromatic rings. The van der Waals surface area contributed by atoms with Crippen molar-refractivity contribution in [3.05, 3.63) is 74.4 Å². The molecule has 3 rings (SSSR count). The Kier molecular flexibility index (Phi) is 4.97. The van der Waals surface area contributed by atoms with E-state index in [1.807, 2.05) is 31.2 Å². The van der Waals surface area contributed by atoms with E-state index in [1.165, 1.54) is 21.7 Å². The van der Waals surface area contributed by atoms with Crippen LogP contribution in [-0.2, 0) is 24.8 Å². The highest BCUT2D eigenvalue weighted by molar-refractivity contribution is 5.78. The van der Waals surface area contributed by atoms with E-state index in [2.05, 4.69) is 10.3 Å². The molecule has 0 atom stereocenters. The Hall–Kier alpha value is -3.22. The summed E-state index contributed by atoms with van der Waals surface area (Å²) in [6.07, 6.45) is 2.24. The van der Waals surface area contributed by atoms with Gasteiger partial charge >= 0.3 is 11.1 Å². The van der Waals surface area contributed by atoms with Gasteiger partial charge in [0.25, 0.3) is 0 Å². The number of hydrogen-bond acceptors (Lipinski definition) is 4. The number of rotatable bonds is 5. The predicted octanol–water partition coefficient (Wildman–Crippen LogP) is 0.763. The van der Waals surface area contributed by atoms with E-state index in [-0.39, 0.29) is 12.5 Å². The molecule has 0 unspecified atom stereocenters. The first kappa shape index (κ1) is 17.6. The van der Waals surface area contributed by atoms with Gasteiger partial charge in [-0.1, -0.05) is 24.3 Å². The van der Waals surface area contributed by atoms with Crippen LogP contribution in [-0.4, -0.2) is 26.6 Å². The van der Waals surface area contributed by atoms with E-state index in [9.17, 15) is 14.4 Å². The van der Waals surface area contributed by atoms with Gasteiger partial charge in [-0.15, -0.1) is 0 Å². The molecule has 0 saturated carbocycles. The van der Waals surface area contributed by atoms with Crippen molar-refractivity contribution in [1.82, 2.24) is 19.4 Å². The molecule has 2 heterocycles. The Balaban J connectivity index is 1.77. The second-order valence-corrected chi connectivity index (χ2v) is 6.13. The first-order valence-corrected chi connectivity index (χ1v) is 8.35. The molecule has 0 fully saturated rings. The largest absolute Gasteiger partial charge is 0.354 e. The fourth-order valence-electron chi connectivity index (χ4n) is 2.91. The van der Waals surface area contributed by atoms with Crippen molar-refractivity contribution >= 4 is 17.1 Å². The highest BCUT2D eigenvalue weighted by Crippen LogP contribution is 2.07. The SMILES string of the molecule is Cc1ccccc1CCNC(=O)Cn1c(=O)c(=O)n(C)c2ncccc21. The lowest BCUT2D eigenvalue weighted by Gasteiger charge is -2.12. The molecule has 0 bridgehead atoms. The quantitative estimate of drug-likeness (QED) is 0.687. The molecule has 1 aromatic carbocycles. The average molecular weight is 352 g/mol. The molecular formula is C19H20N4O3. The molecule has 1 N–H and O–H groups in total. The number of pyridine rings is 1. The molecule has 7 heteroatoms. The highest BCUT2D eigenvalue weighted by atomic mass is 16.2. The zero-order valence-corrected chi connectivity index (χ0v) is 14.7. The van der Waals surface area contributed by atoms with Gasteiger partial charge in [-0.3, -0.25) is 23.5 Å². The lowest BCUT2D eigenvalue weighted by atomic mass is 10.1. The van der Waals surface area contributed by atoms with Gasteiger partial charge in [-0.2, -0.15) is 0 Å². The van der Waals surface area contributed by atoms with E-state index >= 15 is 0 Å². The lowest BCUT2D eigenvalue weighted by Crippen LogP contribution is -2.43. The summed E-state index contributed by atoms with van der Waals surface area (Å²) in [5.41, 5.74) is 1.71. The third-order valence-electron chi connectivity index (χ3n) is 4.39. The second kappa shape index (κ2) is 7.35. The molecule has 0 aliphatic heterocycles. The second-order valence-electron chi connectivity index (χ2n) is 6.13. The number of carbonyl (C=O) groups is 1. The summed E-state index contributed by atoms with van der Waals surface area (Å²) in [4.78, 5) is 40.8. The minimum Gasteiger partial charge on any atom is -0.354 e. The summed E-state index contributed by atoms with van der Waals surface area (Å²) in [5, 5.41) is 2.80.